The molecule has 2 aliphatic heterocycles. The Morgan fingerprint density at radius 2 is 2.05 bits per heavy atom. The summed E-state index contributed by atoms with van der Waals surface area (Å²) in [5.74, 6) is 0.783. The number of aryl methyl sites for hydroxylation is 3. The van der Waals surface area contributed by atoms with Gasteiger partial charge in [0, 0.05) is 55.9 Å². The van der Waals surface area contributed by atoms with Crippen molar-refractivity contribution in [1.29, 1.82) is 0 Å². The van der Waals surface area contributed by atoms with Gasteiger partial charge in [0.25, 0.3) is 0 Å². The molecule has 1 atom stereocenters. The highest BCUT2D eigenvalue weighted by molar-refractivity contribution is 5.90. The van der Waals surface area contributed by atoms with E-state index in [2.05, 4.69) is 23.5 Å². The summed E-state index contributed by atoms with van der Waals surface area (Å²) in [4.78, 5) is 19.2. The van der Waals surface area contributed by atoms with Crippen LogP contribution in [-0.4, -0.2) is 63.1 Å². The molecular formula is C29H37N5O3. The molecular weight excluding hydrogens is 466 g/mol. The van der Waals surface area contributed by atoms with E-state index >= 15 is 0 Å². The fraction of sp³-hybridized carbons (Fsp3) is 0.552. The van der Waals surface area contributed by atoms with E-state index in [-0.39, 0.29) is 6.10 Å². The van der Waals surface area contributed by atoms with Crippen LogP contribution in [0.25, 0.3) is 10.9 Å². The largest absolute Gasteiger partial charge is 0.480 e. The Hall–Kier alpha value is -2.97. The predicted molar refractivity (Wildman–Crippen MR) is 143 cm³/mol. The van der Waals surface area contributed by atoms with Gasteiger partial charge < -0.3 is 15.2 Å². The van der Waals surface area contributed by atoms with Crippen molar-refractivity contribution in [3.8, 4) is 0 Å². The number of unbranched alkanes of at least 4 members (excludes halogenated alkanes) is 2. The number of pyridine rings is 1. The number of hydrogen-bond donors (Lipinski definition) is 2. The van der Waals surface area contributed by atoms with Gasteiger partial charge in [0.1, 0.15) is 11.9 Å². The lowest BCUT2D eigenvalue weighted by Gasteiger charge is -2.42. The third-order valence-corrected chi connectivity index (χ3v) is 8.04. The number of anilines is 1. The summed E-state index contributed by atoms with van der Waals surface area (Å²) in [7, 11) is 1.93. The summed E-state index contributed by atoms with van der Waals surface area (Å²) in [6.07, 6.45) is 8.97. The molecule has 0 radical (unpaired) electrons. The van der Waals surface area contributed by atoms with Gasteiger partial charge in [0.15, 0.2) is 0 Å². The second-order valence-electron chi connectivity index (χ2n) is 10.9. The Balaban J connectivity index is 0.973. The van der Waals surface area contributed by atoms with Gasteiger partial charge in [-0.2, -0.15) is 5.10 Å². The highest BCUT2D eigenvalue weighted by Gasteiger charge is 2.39. The summed E-state index contributed by atoms with van der Waals surface area (Å²) < 4.78 is 7.95. The summed E-state index contributed by atoms with van der Waals surface area (Å²) in [5.41, 5.74) is 5.40. The van der Waals surface area contributed by atoms with Crippen LogP contribution in [0.3, 0.4) is 0 Å². The first kappa shape index (κ1) is 24.4. The molecule has 2 aromatic heterocycles. The van der Waals surface area contributed by atoms with Gasteiger partial charge in [-0.15, -0.1) is 0 Å². The molecule has 1 unspecified atom stereocenters. The second kappa shape index (κ2) is 10.4. The Morgan fingerprint density at radius 1 is 1.19 bits per heavy atom. The smallest absolute Gasteiger partial charge is 0.325 e. The van der Waals surface area contributed by atoms with Crippen molar-refractivity contribution in [1.82, 2.24) is 19.7 Å². The van der Waals surface area contributed by atoms with E-state index in [0.717, 1.165) is 78.9 Å². The first-order valence-corrected chi connectivity index (χ1v) is 13.8. The molecule has 4 heterocycles. The average molecular weight is 504 g/mol. The van der Waals surface area contributed by atoms with E-state index in [1.807, 2.05) is 28.8 Å². The number of benzene rings is 1. The molecule has 0 amide bonds. The van der Waals surface area contributed by atoms with Crippen LogP contribution in [0, 0.1) is 0 Å². The lowest BCUT2D eigenvalue weighted by molar-refractivity contribution is -0.150. The minimum absolute atomic E-state index is 0.100. The van der Waals surface area contributed by atoms with E-state index in [1.165, 1.54) is 24.8 Å². The molecule has 3 aliphatic rings. The van der Waals surface area contributed by atoms with Gasteiger partial charge in [-0.05, 0) is 56.6 Å². The van der Waals surface area contributed by atoms with Crippen LogP contribution in [0.15, 0.2) is 30.3 Å². The zero-order valence-corrected chi connectivity index (χ0v) is 21.7. The number of nitrogens with zero attached hydrogens (tertiary/aromatic N) is 4. The van der Waals surface area contributed by atoms with E-state index in [0.29, 0.717) is 19.0 Å². The van der Waals surface area contributed by atoms with Gasteiger partial charge in [-0.25, -0.2) is 4.98 Å². The molecule has 6 rings (SSSR count). The van der Waals surface area contributed by atoms with Crippen LogP contribution in [0.5, 0.6) is 0 Å². The highest BCUT2D eigenvalue weighted by Crippen LogP contribution is 2.43. The van der Waals surface area contributed by atoms with Crippen molar-refractivity contribution < 1.29 is 14.6 Å². The minimum atomic E-state index is -0.814. The number of likely N-dealkylation sites (tertiary alicyclic amines) is 1. The summed E-state index contributed by atoms with van der Waals surface area (Å²) in [6, 6.07) is 9.72. The number of para-hydroxylation sites is 1. The molecule has 8 nitrogen and oxygen atoms in total. The average Bonchev–Trinajstić information content (AvgIpc) is 3.67. The number of ether oxygens (including phenoxy) is 1. The van der Waals surface area contributed by atoms with E-state index in [1.54, 1.807) is 0 Å². The number of aliphatic carboxylic acids is 1. The summed E-state index contributed by atoms with van der Waals surface area (Å²) in [6.45, 7) is 3.03. The number of aromatic nitrogens is 3. The lowest BCUT2D eigenvalue weighted by atomic mass is 9.97. The van der Waals surface area contributed by atoms with Gasteiger partial charge in [-0.1, -0.05) is 30.7 Å². The van der Waals surface area contributed by atoms with Crippen molar-refractivity contribution in [3.63, 3.8) is 0 Å². The SMILES string of the molecule is Cn1nc(C2CC2)c2cccc(C(C(=O)O)N3CC(OCCCCCc4ccc5c(n4)NCCC5)C3)c21. The van der Waals surface area contributed by atoms with E-state index in [4.69, 9.17) is 14.8 Å². The molecule has 8 heteroatoms. The van der Waals surface area contributed by atoms with E-state index in [9.17, 15) is 9.90 Å². The number of hydrogen-bond acceptors (Lipinski definition) is 6. The predicted octanol–water partition coefficient (Wildman–Crippen LogP) is 4.44. The maximum atomic E-state index is 12.4. The maximum Gasteiger partial charge on any atom is 0.325 e. The van der Waals surface area contributed by atoms with E-state index < -0.39 is 12.0 Å². The summed E-state index contributed by atoms with van der Waals surface area (Å²) in [5, 5.41) is 19.4. The third-order valence-electron chi connectivity index (χ3n) is 8.04. The van der Waals surface area contributed by atoms with Gasteiger partial charge >= 0.3 is 5.97 Å². The molecule has 3 aromatic rings. The Kier molecular flexibility index (Phi) is 6.86. The molecule has 1 saturated carbocycles. The van der Waals surface area contributed by atoms with Crippen molar-refractivity contribution in [2.24, 2.45) is 7.05 Å². The van der Waals surface area contributed by atoms with Crippen molar-refractivity contribution in [2.45, 2.75) is 69.4 Å². The maximum absolute atomic E-state index is 12.4. The Bertz CT molecular complexity index is 1280. The van der Waals surface area contributed by atoms with Crippen LogP contribution in [-0.2, 0) is 29.4 Å². The number of fused-ring (bicyclic) bond motifs is 2. The Labute approximate surface area is 218 Å². The molecule has 2 N–H and O–H groups in total. The number of carboxylic acid groups (broad SMARTS) is 1. The van der Waals surface area contributed by atoms with Gasteiger partial charge in [0.2, 0.25) is 0 Å². The molecule has 1 aromatic carbocycles. The van der Waals surface area contributed by atoms with Crippen LogP contribution < -0.4 is 5.32 Å². The van der Waals surface area contributed by atoms with Crippen molar-refractivity contribution in [3.05, 3.63) is 52.8 Å². The molecule has 37 heavy (non-hydrogen) atoms. The fourth-order valence-electron chi connectivity index (χ4n) is 5.89. The monoisotopic (exact) mass is 503 g/mol. The number of nitrogens with one attached hydrogen (secondary N) is 1. The molecule has 0 bridgehead atoms. The molecule has 2 fully saturated rings. The fourth-order valence-corrected chi connectivity index (χ4v) is 5.89. The van der Waals surface area contributed by atoms with Gasteiger partial charge in [0.05, 0.1) is 17.3 Å². The molecule has 1 saturated heterocycles. The van der Waals surface area contributed by atoms with Gasteiger partial charge in [-0.3, -0.25) is 14.4 Å². The van der Waals surface area contributed by atoms with Crippen molar-refractivity contribution in [2.75, 3.05) is 31.6 Å². The third kappa shape index (κ3) is 5.09. The number of rotatable bonds is 11. The quantitative estimate of drug-likeness (QED) is 0.374. The molecule has 1 aliphatic carbocycles. The van der Waals surface area contributed by atoms with Crippen LogP contribution >= 0.6 is 0 Å². The zero-order chi connectivity index (χ0) is 25.4. The summed E-state index contributed by atoms with van der Waals surface area (Å²) >= 11 is 0. The highest BCUT2D eigenvalue weighted by atomic mass is 16.5. The zero-order valence-electron chi connectivity index (χ0n) is 21.7. The lowest BCUT2D eigenvalue weighted by Crippen LogP contribution is -2.55. The normalized spacial score (nSPS) is 18.8. The Morgan fingerprint density at radius 3 is 2.86 bits per heavy atom. The standard InChI is InChI=1S/C29H37N5O3/c1-33-26-23(25(32-33)19-11-12-19)9-5-10-24(26)27(29(35)36)34-17-22(18-34)37-16-4-2-3-8-21-14-13-20-7-6-15-30-28(20)31-21/h5,9-10,13-14,19,22,27H,2-4,6-8,11-12,15-18H2,1H3,(H,30,31)(H,35,36). The van der Waals surface area contributed by atoms with Crippen LogP contribution in [0.4, 0.5) is 5.82 Å². The molecule has 0 spiro atoms. The number of carbonyl (C=O) groups is 1. The van der Waals surface area contributed by atoms with Crippen molar-refractivity contribution >= 4 is 22.7 Å². The van der Waals surface area contributed by atoms with Crippen LogP contribution in [0.1, 0.15) is 73.0 Å². The first-order chi connectivity index (χ1) is 18.1. The molecule has 196 valence electrons. The number of carboxylic acids is 1. The minimum Gasteiger partial charge on any atom is -0.480 e. The first-order valence-electron chi connectivity index (χ1n) is 13.8. The van der Waals surface area contributed by atoms with Crippen LogP contribution in [0.2, 0.25) is 0 Å². The topological polar surface area (TPSA) is 92.5 Å². The second-order valence-corrected chi connectivity index (χ2v) is 10.9.